The summed E-state index contributed by atoms with van der Waals surface area (Å²) in [5.41, 5.74) is 3.84. The zero-order chi connectivity index (χ0) is 22.4. The number of fused-ring (bicyclic) bond motifs is 5. The number of aromatic nitrogens is 5. The van der Waals surface area contributed by atoms with Gasteiger partial charge in [0.25, 0.3) is 0 Å². The Balaban J connectivity index is 1.34. The molecule has 3 aliphatic heterocycles. The van der Waals surface area contributed by atoms with Gasteiger partial charge in [0.15, 0.2) is 0 Å². The van der Waals surface area contributed by atoms with Crippen LogP contribution in [0.3, 0.4) is 0 Å². The van der Waals surface area contributed by atoms with Gasteiger partial charge in [-0.25, -0.2) is 9.97 Å². The van der Waals surface area contributed by atoms with Gasteiger partial charge in [-0.3, -0.25) is 9.25 Å². The highest BCUT2D eigenvalue weighted by molar-refractivity contribution is 5.87. The number of aryl methyl sites for hydroxylation is 1. The summed E-state index contributed by atoms with van der Waals surface area (Å²) in [7, 11) is 3.60. The number of rotatable bonds is 5. The van der Waals surface area contributed by atoms with Crippen molar-refractivity contribution in [3.8, 4) is 22.7 Å². The molecule has 1 unspecified atom stereocenters. The molecule has 33 heavy (non-hydrogen) atoms. The van der Waals surface area contributed by atoms with Crippen LogP contribution in [0.2, 0.25) is 0 Å². The Labute approximate surface area is 193 Å². The molecule has 3 fully saturated rings. The molecule has 1 N–H and O–H groups in total. The minimum absolute atomic E-state index is 0.448. The average molecular weight is 444 g/mol. The van der Waals surface area contributed by atoms with Crippen LogP contribution in [-0.4, -0.2) is 62.0 Å². The monoisotopic (exact) mass is 443 g/mol. The van der Waals surface area contributed by atoms with Gasteiger partial charge in [-0.1, -0.05) is 6.07 Å². The SMILES string of the molecule is COc1cc2ncn(-c3cccc(NC4CC5CCN(CC5)C4)n3)c2cc1-c1cnn(C)c1. The van der Waals surface area contributed by atoms with Crippen molar-refractivity contribution in [2.24, 2.45) is 13.0 Å². The third-order valence-electron chi connectivity index (χ3n) is 7.02. The summed E-state index contributed by atoms with van der Waals surface area (Å²) in [5, 5.41) is 8.03. The van der Waals surface area contributed by atoms with E-state index in [9.17, 15) is 0 Å². The number of nitrogens with one attached hydrogen (secondary N) is 1. The number of piperidine rings is 1. The van der Waals surface area contributed by atoms with Crippen LogP contribution in [0.4, 0.5) is 5.82 Å². The number of methoxy groups -OCH3 is 1. The summed E-state index contributed by atoms with van der Waals surface area (Å²) in [6, 6.07) is 10.7. The Morgan fingerprint density at radius 1 is 1.15 bits per heavy atom. The maximum atomic E-state index is 5.65. The van der Waals surface area contributed by atoms with E-state index in [0.717, 1.165) is 52.0 Å². The Kier molecular flexibility index (Phi) is 5.02. The first-order valence-electron chi connectivity index (χ1n) is 11.7. The number of nitrogens with zero attached hydrogens (tertiary/aromatic N) is 6. The second kappa shape index (κ2) is 8.19. The summed E-state index contributed by atoms with van der Waals surface area (Å²) in [6.45, 7) is 3.57. The Morgan fingerprint density at radius 2 is 2.03 bits per heavy atom. The Bertz CT molecular complexity index is 1270. The number of pyridine rings is 1. The number of hydrogen-bond donors (Lipinski definition) is 1. The highest BCUT2D eigenvalue weighted by Gasteiger charge is 2.29. The maximum Gasteiger partial charge on any atom is 0.140 e. The molecule has 3 aliphatic rings. The van der Waals surface area contributed by atoms with E-state index in [0.29, 0.717) is 6.04 Å². The zero-order valence-electron chi connectivity index (χ0n) is 19.1. The van der Waals surface area contributed by atoms with Gasteiger partial charge in [-0.05, 0) is 56.5 Å². The van der Waals surface area contributed by atoms with Gasteiger partial charge in [-0.2, -0.15) is 5.10 Å². The van der Waals surface area contributed by atoms with Crippen LogP contribution in [0.15, 0.2) is 49.1 Å². The first-order chi connectivity index (χ1) is 16.2. The van der Waals surface area contributed by atoms with Crippen molar-refractivity contribution in [1.82, 2.24) is 29.2 Å². The molecule has 0 radical (unpaired) electrons. The van der Waals surface area contributed by atoms with E-state index in [1.54, 1.807) is 11.8 Å². The Morgan fingerprint density at radius 3 is 2.82 bits per heavy atom. The minimum Gasteiger partial charge on any atom is -0.496 e. The summed E-state index contributed by atoms with van der Waals surface area (Å²) < 4.78 is 9.49. The molecule has 8 nitrogen and oxygen atoms in total. The fraction of sp³-hybridized carbons (Fsp3) is 0.400. The van der Waals surface area contributed by atoms with Crippen molar-refractivity contribution in [1.29, 1.82) is 0 Å². The molecule has 3 aromatic heterocycles. The topological polar surface area (TPSA) is 73.0 Å². The van der Waals surface area contributed by atoms with Crippen LogP contribution >= 0.6 is 0 Å². The highest BCUT2D eigenvalue weighted by Crippen LogP contribution is 2.34. The van der Waals surface area contributed by atoms with Crippen molar-refractivity contribution in [2.75, 3.05) is 32.1 Å². The first-order valence-corrected chi connectivity index (χ1v) is 11.7. The third-order valence-corrected chi connectivity index (χ3v) is 7.02. The smallest absolute Gasteiger partial charge is 0.140 e. The molecule has 0 aliphatic carbocycles. The van der Waals surface area contributed by atoms with Gasteiger partial charge in [-0.15, -0.1) is 0 Å². The van der Waals surface area contributed by atoms with Gasteiger partial charge in [0.2, 0.25) is 0 Å². The molecule has 0 amide bonds. The van der Waals surface area contributed by atoms with Gasteiger partial charge >= 0.3 is 0 Å². The number of anilines is 1. The predicted octanol–water partition coefficient (Wildman–Crippen LogP) is 3.73. The van der Waals surface area contributed by atoms with Gasteiger partial charge in [0, 0.05) is 43.0 Å². The predicted molar refractivity (Wildman–Crippen MR) is 129 cm³/mol. The van der Waals surface area contributed by atoms with Crippen LogP contribution in [-0.2, 0) is 7.05 Å². The van der Waals surface area contributed by atoms with Crippen molar-refractivity contribution in [3.63, 3.8) is 0 Å². The van der Waals surface area contributed by atoms with Gasteiger partial charge < -0.3 is 15.0 Å². The lowest BCUT2D eigenvalue weighted by atomic mass is 9.94. The lowest BCUT2D eigenvalue weighted by Gasteiger charge is -2.26. The van der Waals surface area contributed by atoms with E-state index in [2.05, 4.69) is 38.5 Å². The molecular weight excluding hydrogens is 414 g/mol. The number of imidazole rings is 1. The van der Waals surface area contributed by atoms with E-state index >= 15 is 0 Å². The molecule has 0 spiro atoms. The van der Waals surface area contributed by atoms with Crippen LogP contribution in [0.5, 0.6) is 5.75 Å². The average Bonchev–Trinajstić information content (AvgIpc) is 3.34. The lowest BCUT2D eigenvalue weighted by molar-refractivity contribution is 0.223. The molecule has 8 heteroatoms. The van der Waals surface area contributed by atoms with Crippen molar-refractivity contribution >= 4 is 16.9 Å². The third kappa shape index (κ3) is 3.84. The number of ether oxygens (including phenoxy) is 1. The van der Waals surface area contributed by atoms with E-state index in [-0.39, 0.29) is 0 Å². The molecule has 4 aromatic rings. The first kappa shape index (κ1) is 20.2. The van der Waals surface area contributed by atoms with E-state index in [4.69, 9.17) is 9.72 Å². The number of hydrogen-bond acceptors (Lipinski definition) is 6. The van der Waals surface area contributed by atoms with Gasteiger partial charge in [0.1, 0.15) is 23.7 Å². The molecule has 170 valence electrons. The van der Waals surface area contributed by atoms with Gasteiger partial charge in [0.05, 0.1) is 24.3 Å². The fourth-order valence-corrected chi connectivity index (χ4v) is 5.32. The second-order valence-corrected chi connectivity index (χ2v) is 9.26. The van der Waals surface area contributed by atoms with Crippen LogP contribution < -0.4 is 10.1 Å². The minimum atomic E-state index is 0.448. The quantitative estimate of drug-likeness (QED) is 0.507. The summed E-state index contributed by atoms with van der Waals surface area (Å²) in [4.78, 5) is 12.2. The molecule has 3 saturated heterocycles. The lowest BCUT2D eigenvalue weighted by Crippen LogP contribution is -2.35. The summed E-state index contributed by atoms with van der Waals surface area (Å²) in [5.74, 6) is 3.38. The van der Waals surface area contributed by atoms with Crippen molar-refractivity contribution in [2.45, 2.75) is 25.3 Å². The molecular formula is C25H29N7O. The largest absolute Gasteiger partial charge is 0.496 e. The van der Waals surface area contributed by atoms with Crippen LogP contribution in [0.25, 0.3) is 28.0 Å². The molecule has 0 saturated carbocycles. The Hall–Kier alpha value is -3.39. The van der Waals surface area contributed by atoms with E-state index in [1.807, 2.05) is 42.5 Å². The molecule has 1 aromatic carbocycles. The zero-order valence-corrected chi connectivity index (χ0v) is 19.1. The molecule has 1 atom stereocenters. The van der Waals surface area contributed by atoms with Crippen LogP contribution in [0.1, 0.15) is 19.3 Å². The molecule has 7 rings (SSSR count). The summed E-state index contributed by atoms with van der Waals surface area (Å²) >= 11 is 0. The van der Waals surface area contributed by atoms with Crippen molar-refractivity contribution < 1.29 is 4.74 Å². The van der Waals surface area contributed by atoms with E-state index < -0.39 is 0 Å². The normalized spacial score (nSPS) is 22.4. The highest BCUT2D eigenvalue weighted by atomic mass is 16.5. The standard InChI is InChI=1S/C25H29N7O/c1-30-14-18(13-27-30)20-11-22-21(12-23(20)33-2)26-16-32(22)25-5-3-4-24(29-25)28-19-10-17-6-8-31(15-19)9-7-17/h3-5,11-14,16-17,19H,6-10,15H2,1-2H3,(H,28,29). The second-order valence-electron chi connectivity index (χ2n) is 9.26. The van der Waals surface area contributed by atoms with Crippen LogP contribution in [0, 0.1) is 5.92 Å². The maximum absolute atomic E-state index is 5.65. The number of benzene rings is 1. The molecule has 2 bridgehead atoms. The fourth-order valence-electron chi connectivity index (χ4n) is 5.32. The van der Waals surface area contributed by atoms with E-state index in [1.165, 1.54) is 32.4 Å². The summed E-state index contributed by atoms with van der Waals surface area (Å²) in [6.07, 6.45) is 9.56. The van der Waals surface area contributed by atoms with Crippen molar-refractivity contribution in [3.05, 3.63) is 49.1 Å². The molecule has 6 heterocycles.